The van der Waals surface area contributed by atoms with E-state index in [4.69, 9.17) is 5.11 Å². The predicted octanol–water partition coefficient (Wildman–Crippen LogP) is 4.97. The summed E-state index contributed by atoms with van der Waals surface area (Å²) in [4.78, 5) is 13.6. The van der Waals surface area contributed by atoms with Crippen LogP contribution in [-0.4, -0.2) is 22.5 Å². The van der Waals surface area contributed by atoms with E-state index in [-0.39, 0.29) is 5.92 Å². The number of hydrogen-bond acceptors (Lipinski definition) is 2. The van der Waals surface area contributed by atoms with Crippen LogP contribution >= 0.6 is 0 Å². The standard InChI is InChI=1S/C23H29NO2/c25-23(26)22-13-11-19(12-14-22)15-16-24(17-20-7-3-1-4-8-20)18-21-9-5-2-6-10-21/h1-10,19,22H,11-18H2,(H,25,26). The monoisotopic (exact) mass is 351 g/mol. The van der Waals surface area contributed by atoms with E-state index < -0.39 is 5.97 Å². The molecule has 0 heterocycles. The van der Waals surface area contributed by atoms with Crippen LogP contribution in [0.25, 0.3) is 0 Å². The Morgan fingerprint density at radius 2 is 1.35 bits per heavy atom. The molecular weight excluding hydrogens is 322 g/mol. The Morgan fingerprint density at radius 3 is 1.81 bits per heavy atom. The number of carboxylic acids is 1. The fourth-order valence-electron chi connectivity index (χ4n) is 3.96. The van der Waals surface area contributed by atoms with Gasteiger partial charge in [-0.3, -0.25) is 9.69 Å². The molecule has 2 aromatic rings. The van der Waals surface area contributed by atoms with E-state index in [0.717, 1.165) is 51.7 Å². The number of aliphatic carboxylic acids is 1. The fourth-order valence-corrected chi connectivity index (χ4v) is 3.96. The molecule has 26 heavy (non-hydrogen) atoms. The summed E-state index contributed by atoms with van der Waals surface area (Å²) in [5.74, 6) is -0.0612. The average molecular weight is 351 g/mol. The van der Waals surface area contributed by atoms with Gasteiger partial charge in [0.1, 0.15) is 0 Å². The van der Waals surface area contributed by atoms with Gasteiger partial charge in [0.15, 0.2) is 0 Å². The summed E-state index contributed by atoms with van der Waals surface area (Å²) in [6, 6.07) is 21.3. The molecule has 0 bridgehead atoms. The van der Waals surface area contributed by atoms with Gasteiger partial charge in [-0.1, -0.05) is 60.7 Å². The molecular formula is C23H29NO2. The Balaban J connectivity index is 1.56. The number of nitrogens with zero attached hydrogens (tertiary/aromatic N) is 1. The molecule has 0 spiro atoms. The topological polar surface area (TPSA) is 40.5 Å². The molecule has 138 valence electrons. The van der Waals surface area contributed by atoms with Gasteiger partial charge in [0.05, 0.1) is 5.92 Å². The maximum atomic E-state index is 11.1. The Bertz CT molecular complexity index is 622. The fraction of sp³-hybridized carbons (Fsp3) is 0.435. The lowest BCUT2D eigenvalue weighted by Gasteiger charge is -2.29. The zero-order chi connectivity index (χ0) is 18.2. The summed E-state index contributed by atoms with van der Waals surface area (Å²) in [6.45, 7) is 2.98. The number of carboxylic acid groups (broad SMARTS) is 1. The highest BCUT2D eigenvalue weighted by molar-refractivity contribution is 5.69. The van der Waals surface area contributed by atoms with Crippen LogP contribution in [0.2, 0.25) is 0 Å². The maximum Gasteiger partial charge on any atom is 0.306 e. The van der Waals surface area contributed by atoms with E-state index in [0.29, 0.717) is 5.92 Å². The third-order valence-electron chi connectivity index (χ3n) is 5.55. The van der Waals surface area contributed by atoms with Crippen molar-refractivity contribution in [1.82, 2.24) is 4.90 Å². The van der Waals surface area contributed by atoms with Gasteiger partial charge in [-0.05, 0) is 55.7 Å². The van der Waals surface area contributed by atoms with Crippen LogP contribution in [0.1, 0.15) is 43.2 Å². The van der Waals surface area contributed by atoms with Crippen LogP contribution in [0.4, 0.5) is 0 Å². The third kappa shape index (κ3) is 5.70. The lowest BCUT2D eigenvalue weighted by atomic mass is 9.80. The smallest absolute Gasteiger partial charge is 0.306 e. The second kappa shape index (κ2) is 9.54. The lowest BCUT2D eigenvalue weighted by Crippen LogP contribution is -2.27. The normalized spacial score (nSPS) is 20.2. The molecule has 3 heteroatoms. The van der Waals surface area contributed by atoms with Crippen molar-refractivity contribution in [3.05, 3.63) is 71.8 Å². The first-order valence-corrected chi connectivity index (χ1v) is 9.73. The molecule has 1 aliphatic carbocycles. The van der Waals surface area contributed by atoms with Crippen LogP contribution in [0, 0.1) is 11.8 Å². The van der Waals surface area contributed by atoms with Crippen molar-refractivity contribution in [2.75, 3.05) is 6.54 Å². The summed E-state index contributed by atoms with van der Waals surface area (Å²) in [5.41, 5.74) is 2.69. The van der Waals surface area contributed by atoms with Crippen molar-refractivity contribution in [1.29, 1.82) is 0 Å². The second-order valence-electron chi connectivity index (χ2n) is 7.53. The molecule has 0 atom stereocenters. The van der Waals surface area contributed by atoms with E-state index in [2.05, 4.69) is 65.6 Å². The SMILES string of the molecule is O=C(O)C1CCC(CCN(Cc2ccccc2)Cc2ccccc2)CC1. The quantitative estimate of drug-likeness (QED) is 0.730. The van der Waals surface area contributed by atoms with Crippen LogP contribution < -0.4 is 0 Å². The number of carbonyl (C=O) groups is 1. The van der Waals surface area contributed by atoms with Crippen molar-refractivity contribution < 1.29 is 9.90 Å². The van der Waals surface area contributed by atoms with Gasteiger partial charge >= 0.3 is 5.97 Å². The van der Waals surface area contributed by atoms with Gasteiger partial charge in [-0.25, -0.2) is 0 Å². The highest BCUT2D eigenvalue weighted by atomic mass is 16.4. The van der Waals surface area contributed by atoms with E-state index in [1.54, 1.807) is 0 Å². The molecule has 0 aromatic heterocycles. The largest absolute Gasteiger partial charge is 0.481 e. The van der Waals surface area contributed by atoms with Gasteiger partial charge in [-0.15, -0.1) is 0 Å². The van der Waals surface area contributed by atoms with Crippen molar-refractivity contribution in [2.45, 2.75) is 45.2 Å². The average Bonchev–Trinajstić information content (AvgIpc) is 2.68. The van der Waals surface area contributed by atoms with E-state index >= 15 is 0 Å². The molecule has 0 saturated heterocycles. The number of rotatable bonds is 8. The van der Waals surface area contributed by atoms with E-state index in [1.165, 1.54) is 11.1 Å². The number of benzene rings is 2. The zero-order valence-corrected chi connectivity index (χ0v) is 15.4. The Labute approximate surface area is 156 Å². The van der Waals surface area contributed by atoms with Crippen LogP contribution in [-0.2, 0) is 17.9 Å². The number of hydrogen-bond donors (Lipinski definition) is 1. The first kappa shape index (κ1) is 18.7. The van der Waals surface area contributed by atoms with Crippen LogP contribution in [0.15, 0.2) is 60.7 Å². The Hall–Kier alpha value is -2.13. The summed E-state index contributed by atoms with van der Waals surface area (Å²) in [6.07, 6.45) is 4.96. The van der Waals surface area contributed by atoms with Crippen molar-refractivity contribution >= 4 is 5.97 Å². The van der Waals surface area contributed by atoms with Gasteiger partial charge in [0.2, 0.25) is 0 Å². The molecule has 1 saturated carbocycles. The maximum absolute atomic E-state index is 11.1. The van der Waals surface area contributed by atoms with Crippen molar-refractivity contribution in [3.8, 4) is 0 Å². The van der Waals surface area contributed by atoms with Crippen molar-refractivity contribution in [2.24, 2.45) is 11.8 Å². The predicted molar refractivity (Wildman–Crippen MR) is 105 cm³/mol. The molecule has 3 nitrogen and oxygen atoms in total. The summed E-state index contributed by atoms with van der Waals surface area (Å²) in [7, 11) is 0. The second-order valence-corrected chi connectivity index (χ2v) is 7.53. The molecule has 0 aliphatic heterocycles. The summed E-state index contributed by atoms with van der Waals surface area (Å²) in [5, 5.41) is 9.16. The van der Waals surface area contributed by atoms with E-state index in [9.17, 15) is 4.79 Å². The van der Waals surface area contributed by atoms with Gasteiger partial charge in [0.25, 0.3) is 0 Å². The van der Waals surface area contributed by atoms with Crippen LogP contribution in [0.5, 0.6) is 0 Å². The zero-order valence-electron chi connectivity index (χ0n) is 15.4. The Kier molecular flexibility index (Phi) is 6.84. The molecule has 0 amide bonds. The van der Waals surface area contributed by atoms with E-state index in [1.807, 2.05) is 0 Å². The summed E-state index contributed by atoms with van der Waals surface area (Å²) < 4.78 is 0. The molecule has 2 aromatic carbocycles. The molecule has 3 rings (SSSR count). The molecule has 1 N–H and O–H groups in total. The highest BCUT2D eigenvalue weighted by Gasteiger charge is 2.26. The van der Waals surface area contributed by atoms with Crippen molar-refractivity contribution in [3.63, 3.8) is 0 Å². The van der Waals surface area contributed by atoms with Gasteiger partial charge in [-0.2, -0.15) is 0 Å². The molecule has 0 unspecified atom stereocenters. The minimum atomic E-state index is -0.613. The van der Waals surface area contributed by atoms with Crippen LogP contribution in [0.3, 0.4) is 0 Å². The third-order valence-corrected chi connectivity index (χ3v) is 5.55. The first-order chi connectivity index (χ1) is 12.7. The summed E-state index contributed by atoms with van der Waals surface area (Å²) >= 11 is 0. The lowest BCUT2D eigenvalue weighted by molar-refractivity contribution is -0.143. The first-order valence-electron chi connectivity index (χ1n) is 9.73. The highest BCUT2D eigenvalue weighted by Crippen LogP contribution is 2.31. The minimum Gasteiger partial charge on any atom is -0.481 e. The van der Waals surface area contributed by atoms with Gasteiger partial charge in [0, 0.05) is 13.1 Å². The molecule has 1 aliphatic rings. The molecule has 0 radical (unpaired) electrons. The Morgan fingerprint density at radius 1 is 0.846 bits per heavy atom. The van der Waals surface area contributed by atoms with Gasteiger partial charge < -0.3 is 5.11 Å². The minimum absolute atomic E-state index is 0.115. The molecule has 1 fully saturated rings.